The van der Waals surface area contributed by atoms with Crippen molar-refractivity contribution in [3.05, 3.63) is 38.9 Å². The van der Waals surface area contributed by atoms with Gasteiger partial charge in [0.05, 0.1) is 4.92 Å². The van der Waals surface area contributed by atoms with Gasteiger partial charge in [-0.3, -0.25) is 10.1 Å². The summed E-state index contributed by atoms with van der Waals surface area (Å²) in [7, 11) is 0. The maximum absolute atomic E-state index is 10.8. The highest BCUT2D eigenvalue weighted by atomic mass is 35.5. The summed E-state index contributed by atoms with van der Waals surface area (Å²) in [6.45, 7) is 0. The largest absolute Gasteiger partial charge is 0.324 e. The Hall–Kier alpha value is -0.840. The lowest BCUT2D eigenvalue weighted by atomic mass is 9.81. The lowest BCUT2D eigenvalue weighted by molar-refractivity contribution is -0.384. The number of rotatable bonds is 3. The second kappa shape index (κ2) is 7.08. The molecule has 2 N–H and O–H groups in total. The van der Waals surface area contributed by atoms with Gasteiger partial charge in [0, 0.05) is 23.2 Å². The van der Waals surface area contributed by atoms with Crippen LogP contribution in [0.3, 0.4) is 0 Å². The summed E-state index contributed by atoms with van der Waals surface area (Å²) in [5, 5.41) is 11.3. The molecule has 1 fully saturated rings. The van der Waals surface area contributed by atoms with Crippen LogP contribution in [0.1, 0.15) is 43.7 Å². The Bertz CT molecular complexity index is 448. The van der Waals surface area contributed by atoms with Crippen LogP contribution >= 0.6 is 24.0 Å². The molecule has 1 saturated carbocycles. The normalized spacial score (nSPS) is 17.6. The molecule has 0 amide bonds. The fourth-order valence-corrected chi connectivity index (χ4v) is 2.89. The summed E-state index contributed by atoms with van der Waals surface area (Å²) < 4.78 is 0. The van der Waals surface area contributed by atoms with Crippen molar-refractivity contribution in [3.8, 4) is 0 Å². The molecule has 106 valence electrons. The number of nitrogens with two attached hydrogens (primary N) is 1. The van der Waals surface area contributed by atoms with Crippen LogP contribution in [0.2, 0.25) is 5.02 Å². The molecule has 0 radical (unpaired) electrons. The van der Waals surface area contributed by atoms with Gasteiger partial charge in [0.15, 0.2) is 0 Å². The molecule has 0 aromatic heterocycles. The first kappa shape index (κ1) is 16.2. The molecule has 1 aliphatic carbocycles. The second-order valence-electron chi connectivity index (χ2n) is 4.89. The molecule has 19 heavy (non-hydrogen) atoms. The molecule has 0 unspecified atom stereocenters. The number of halogens is 2. The van der Waals surface area contributed by atoms with E-state index in [-0.39, 0.29) is 24.1 Å². The van der Waals surface area contributed by atoms with Crippen LogP contribution in [0, 0.1) is 16.0 Å². The Morgan fingerprint density at radius 3 is 2.53 bits per heavy atom. The third kappa shape index (κ3) is 3.81. The van der Waals surface area contributed by atoms with Crippen molar-refractivity contribution in [2.24, 2.45) is 11.7 Å². The fourth-order valence-electron chi connectivity index (χ4n) is 2.65. The molecule has 6 heteroatoms. The van der Waals surface area contributed by atoms with E-state index >= 15 is 0 Å². The zero-order valence-electron chi connectivity index (χ0n) is 10.5. The molecule has 0 heterocycles. The minimum Gasteiger partial charge on any atom is -0.324 e. The van der Waals surface area contributed by atoms with Gasteiger partial charge in [0.25, 0.3) is 5.69 Å². The van der Waals surface area contributed by atoms with Crippen LogP contribution < -0.4 is 5.73 Å². The molecule has 2 rings (SSSR count). The van der Waals surface area contributed by atoms with Crippen LogP contribution in [0.4, 0.5) is 5.69 Å². The molecule has 1 atom stereocenters. The molecule has 1 aromatic rings. The van der Waals surface area contributed by atoms with Crippen LogP contribution in [0.15, 0.2) is 18.2 Å². The maximum Gasteiger partial charge on any atom is 0.269 e. The van der Waals surface area contributed by atoms with Gasteiger partial charge in [-0.05, 0) is 30.4 Å². The van der Waals surface area contributed by atoms with Crippen LogP contribution in [0.5, 0.6) is 0 Å². The molecule has 0 spiro atoms. The first-order valence-electron chi connectivity index (χ1n) is 6.29. The van der Waals surface area contributed by atoms with E-state index < -0.39 is 4.92 Å². The highest BCUT2D eigenvalue weighted by Crippen LogP contribution is 2.36. The number of nitro groups is 1. The molecule has 0 bridgehead atoms. The molecule has 0 aliphatic heterocycles. The topological polar surface area (TPSA) is 69.2 Å². The Kier molecular flexibility index (Phi) is 6.04. The highest BCUT2D eigenvalue weighted by molar-refractivity contribution is 6.31. The predicted octanol–water partition coefficient (Wildman–Crippen LogP) is 4.25. The first-order valence-corrected chi connectivity index (χ1v) is 6.67. The van der Waals surface area contributed by atoms with Gasteiger partial charge < -0.3 is 5.73 Å². The van der Waals surface area contributed by atoms with Crippen molar-refractivity contribution >= 4 is 29.7 Å². The van der Waals surface area contributed by atoms with E-state index in [4.69, 9.17) is 17.3 Å². The average molecular weight is 305 g/mol. The maximum atomic E-state index is 10.8. The average Bonchev–Trinajstić information content (AvgIpc) is 2.39. The number of hydrogen-bond donors (Lipinski definition) is 1. The van der Waals surface area contributed by atoms with E-state index in [2.05, 4.69) is 0 Å². The van der Waals surface area contributed by atoms with Crippen molar-refractivity contribution in [1.82, 2.24) is 0 Å². The second-order valence-corrected chi connectivity index (χ2v) is 5.29. The third-order valence-corrected chi connectivity index (χ3v) is 4.05. The molecule has 4 nitrogen and oxygen atoms in total. The van der Waals surface area contributed by atoms with Crippen LogP contribution in [-0.4, -0.2) is 4.92 Å². The number of non-ortho nitro benzene ring substituents is 1. The van der Waals surface area contributed by atoms with Crippen molar-refractivity contribution in [2.75, 3.05) is 0 Å². The third-order valence-electron chi connectivity index (χ3n) is 3.71. The van der Waals surface area contributed by atoms with E-state index in [1.165, 1.54) is 31.4 Å². The Morgan fingerprint density at radius 1 is 1.32 bits per heavy atom. The number of nitrogens with zero attached hydrogens (tertiary/aromatic N) is 1. The van der Waals surface area contributed by atoms with Crippen molar-refractivity contribution < 1.29 is 4.92 Å². The van der Waals surface area contributed by atoms with Gasteiger partial charge in [-0.2, -0.15) is 0 Å². The van der Waals surface area contributed by atoms with Crippen molar-refractivity contribution in [3.63, 3.8) is 0 Å². The van der Waals surface area contributed by atoms with Gasteiger partial charge in [-0.15, -0.1) is 12.4 Å². The fraction of sp³-hybridized carbons (Fsp3) is 0.538. The monoisotopic (exact) mass is 304 g/mol. The lowest BCUT2D eigenvalue weighted by Gasteiger charge is -2.28. The van der Waals surface area contributed by atoms with E-state index in [0.717, 1.165) is 12.8 Å². The number of benzene rings is 1. The summed E-state index contributed by atoms with van der Waals surface area (Å²) in [5.41, 5.74) is 6.99. The van der Waals surface area contributed by atoms with E-state index in [9.17, 15) is 10.1 Å². The molecule has 1 aromatic carbocycles. The number of hydrogen-bond acceptors (Lipinski definition) is 3. The summed E-state index contributed by atoms with van der Waals surface area (Å²) in [6, 6.07) is 4.30. The van der Waals surface area contributed by atoms with Gasteiger partial charge in [-0.25, -0.2) is 0 Å². The summed E-state index contributed by atoms with van der Waals surface area (Å²) >= 11 is 6.11. The molecular formula is C13H18Cl2N2O2. The minimum atomic E-state index is -0.409. The van der Waals surface area contributed by atoms with Crippen molar-refractivity contribution in [1.29, 1.82) is 0 Å². The van der Waals surface area contributed by atoms with Crippen molar-refractivity contribution in [2.45, 2.75) is 38.1 Å². The predicted molar refractivity (Wildman–Crippen MR) is 78.9 cm³/mol. The minimum absolute atomic E-state index is 0. The van der Waals surface area contributed by atoms with E-state index in [0.29, 0.717) is 16.5 Å². The first-order chi connectivity index (χ1) is 8.59. The van der Waals surface area contributed by atoms with Crippen LogP contribution in [0.25, 0.3) is 0 Å². The smallest absolute Gasteiger partial charge is 0.269 e. The zero-order chi connectivity index (χ0) is 13.1. The highest BCUT2D eigenvalue weighted by Gasteiger charge is 2.24. The number of nitro benzene ring substituents is 1. The molecular weight excluding hydrogens is 287 g/mol. The van der Waals surface area contributed by atoms with Gasteiger partial charge >= 0.3 is 0 Å². The van der Waals surface area contributed by atoms with Gasteiger partial charge in [0.1, 0.15) is 0 Å². The van der Waals surface area contributed by atoms with E-state index in [1.54, 1.807) is 6.07 Å². The summed E-state index contributed by atoms with van der Waals surface area (Å²) in [4.78, 5) is 10.4. The lowest BCUT2D eigenvalue weighted by Crippen LogP contribution is -2.23. The Morgan fingerprint density at radius 2 is 1.95 bits per heavy atom. The quantitative estimate of drug-likeness (QED) is 0.670. The Balaban J connectivity index is 0.00000180. The summed E-state index contributed by atoms with van der Waals surface area (Å²) in [6.07, 6.45) is 5.79. The zero-order valence-corrected chi connectivity index (χ0v) is 12.1. The summed E-state index contributed by atoms with van der Waals surface area (Å²) in [5.74, 6) is 0.387. The van der Waals surface area contributed by atoms with E-state index in [1.807, 2.05) is 0 Å². The Labute approximate surface area is 123 Å². The molecule has 1 aliphatic rings. The standard InChI is InChI=1S/C13H17ClN2O2.ClH/c14-12-7-6-10(16(17)18)8-11(12)13(15)9-4-2-1-3-5-9;/h6-9,13H,1-5,15H2;1H/t13-;/m1./s1. The van der Waals surface area contributed by atoms with Gasteiger partial charge in [-0.1, -0.05) is 30.9 Å². The van der Waals surface area contributed by atoms with Gasteiger partial charge in [0.2, 0.25) is 0 Å². The SMILES string of the molecule is Cl.N[C@@H](c1cc([N+](=O)[O-])ccc1Cl)C1CCCCC1. The van der Waals surface area contributed by atoms with Crippen LogP contribution in [-0.2, 0) is 0 Å². The molecule has 0 saturated heterocycles.